The largest absolute Gasteiger partial charge is 0.481 e. The molecular weight excluding hydrogens is 258 g/mol. The van der Waals surface area contributed by atoms with Gasteiger partial charge in [-0.1, -0.05) is 6.07 Å². The topological polar surface area (TPSA) is 70.7 Å². The van der Waals surface area contributed by atoms with Crippen LogP contribution in [0.2, 0.25) is 0 Å². The van der Waals surface area contributed by atoms with Crippen LogP contribution in [0.25, 0.3) is 0 Å². The zero-order valence-electron chi connectivity index (χ0n) is 11.3. The molecular formula is C14H17N3O3. The van der Waals surface area contributed by atoms with Gasteiger partial charge in [0, 0.05) is 25.7 Å². The van der Waals surface area contributed by atoms with Crippen molar-refractivity contribution in [3.05, 3.63) is 23.8 Å². The third-order valence-electron chi connectivity index (χ3n) is 3.63. The van der Waals surface area contributed by atoms with E-state index >= 15 is 0 Å². The maximum absolute atomic E-state index is 12.7. The lowest BCUT2D eigenvalue weighted by Gasteiger charge is -2.34. The first-order chi connectivity index (χ1) is 9.66. The van der Waals surface area contributed by atoms with Crippen molar-refractivity contribution in [1.82, 2.24) is 10.2 Å². The average Bonchev–Trinajstić information content (AvgIpc) is 2.46. The van der Waals surface area contributed by atoms with E-state index in [9.17, 15) is 9.59 Å². The second kappa shape index (κ2) is 5.13. The number of hydrogen-bond donors (Lipinski definition) is 2. The summed E-state index contributed by atoms with van der Waals surface area (Å²) in [7, 11) is 0. The number of nitrogens with one attached hydrogen (secondary N) is 2. The Morgan fingerprint density at radius 3 is 3.10 bits per heavy atom. The summed E-state index contributed by atoms with van der Waals surface area (Å²) in [6.07, 6.45) is 0. The number of ether oxygens (including phenoxy) is 1. The van der Waals surface area contributed by atoms with Crippen LogP contribution in [0.15, 0.2) is 18.2 Å². The predicted octanol–water partition coefficient (Wildman–Crippen LogP) is 0.451. The number of amides is 2. The fourth-order valence-corrected chi connectivity index (χ4v) is 2.58. The maximum atomic E-state index is 12.7. The highest BCUT2D eigenvalue weighted by Crippen LogP contribution is 2.32. The van der Waals surface area contributed by atoms with E-state index in [1.165, 1.54) is 0 Å². The normalized spacial score (nSPS) is 21.8. The molecule has 0 aromatic heterocycles. The van der Waals surface area contributed by atoms with E-state index in [-0.39, 0.29) is 24.5 Å². The molecule has 6 nitrogen and oxygen atoms in total. The van der Waals surface area contributed by atoms with Gasteiger partial charge in [-0.15, -0.1) is 0 Å². The van der Waals surface area contributed by atoms with Gasteiger partial charge >= 0.3 is 0 Å². The van der Waals surface area contributed by atoms with Crippen molar-refractivity contribution in [3.8, 4) is 5.75 Å². The summed E-state index contributed by atoms with van der Waals surface area (Å²) in [4.78, 5) is 25.8. The van der Waals surface area contributed by atoms with Gasteiger partial charge in [-0.05, 0) is 19.1 Å². The minimum atomic E-state index is -0.197. The number of fused-ring (bicyclic) bond motifs is 1. The van der Waals surface area contributed by atoms with Gasteiger partial charge in [0.15, 0.2) is 12.4 Å². The summed E-state index contributed by atoms with van der Waals surface area (Å²) < 4.78 is 5.44. The molecule has 1 saturated heterocycles. The number of nitrogens with zero attached hydrogens (tertiary/aromatic N) is 1. The van der Waals surface area contributed by atoms with Gasteiger partial charge < -0.3 is 20.3 Å². The molecule has 2 amide bonds. The second-order valence-electron chi connectivity index (χ2n) is 5.07. The third kappa shape index (κ3) is 2.22. The van der Waals surface area contributed by atoms with E-state index in [1.54, 1.807) is 18.2 Å². The van der Waals surface area contributed by atoms with Gasteiger partial charge in [0.25, 0.3) is 11.8 Å². The van der Waals surface area contributed by atoms with Crippen molar-refractivity contribution in [2.45, 2.75) is 13.0 Å². The summed E-state index contributed by atoms with van der Waals surface area (Å²) in [5.41, 5.74) is 1.08. The van der Waals surface area contributed by atoms with Crippen LogP contribution in [0.1, 0.15) is 17.3 Å². The van der Waals surface area contributed by atoms with Crippen molar-refractivity contribution in [2.75, 3.05) is 31.6 Å². The molecule has 3 rings (SSSR count). The molecule has 0 saturated carbocycles. The van der Waals surface area contributed by atoms with E-state index < -0.39 is 0 Å². The number of carbonyl (C=O) groups excluding carboxylic acids is 2. The summed E-state index contributed by atoms with van der Waals surface area (Å²) >= 11 is 0. The number of hydrogen-bond acceptors (Lipinski definition) is 4. The van der Waals surface area contributed by atoms with Crippen molar-refractivity contribution in [2.24, 2.45) is 0 Å². The van der Waals surface area contributed by atoms with Crippen LogP contribution in [0.4, 0.5) is 5.69 Å². The Bertz CT molecular complexity index is 559. The molecule has 1 aromatic rings. The Kier molecular flexibility index (Phi) is 3.31. The van der Waals surface area contributed by atoms with Gasteiger partial charge in [-0.3, -0.25) is 9.59 Å². The molecule has 1 atom stereocenters. The molecule has 6 heteroatoms. The van der Waals surface area contributed by atoms with E-state index in [0.29, 0.717) is 23.5 Å². The number of anilines is 1. The molecule has 0 bridgehead atoms. The van der Waals surface area contributed by atoms with Crippen molar-refractivity contribution in [1.29, 1.82) is 0 Å². The van der Waals surface area contributed by atoms with Crippen LogP contribution in [-0.2, 0) is 4.79 Å². The minimum Gasteiger partial charge on any atom is -0.481 e. The van der Waals surface area contributed by atoms with Gasteiger partial charge in [0.1, 0.15) is 0 Å². The third-order valence-corrected chi connectivity index (χ3v) is 3.63. The Labute approximate surface area is 117 Å². The maximum Gasteiger partial charge on any atom is 0.262 e. The summed E-state index contributed by atoms with van der Waals surface area (Å²) in [5.74, 6) is 0.229. The first kappa shape index (κ1) is 12.9. The Morgan fingerprint density at radius 2 is 2.30 bits per heavy atom. The number of para-hydroxylation sites is 1. The quantitative estimate of drug-likeness (QED) is 0.781. The van der Waals surface area contributed by atoms with E-state index in [0.717, 1.165) is 13.1 Å². The Hall–Kier alpha value is -2.08. The second-order valence-corrected chi connectivity index (χ2v) is 5.07. The molecule has 1 fully saturated rings. The molecule has 2 aliphatic heterocycles. The average molecular weight is 275 g/mol. The lowest BCUT2D eigenvalue weighted by Crippen LogP contribution is -2.52. The smallest absolute Gasteiger partial charge is 0.262 e. The van der Waals surface area contributed by atoms with Crippen LogP contribution in [0.5, 0.6) is 5.75 Å². The van der Waals surface area contributed by atoms with Crippen LogP contribution in [0, 0.1) is 0 Å². The molecule has 2 N–H and O–H groups in total. The molecule has 0 spiro atoms. The SMILES string of the molecule is CC1CNCCN1C(=O)c1cccc2c1OCC(=O)N2. The van der Waals surface area contributed by atoms with Gasteiger partial charge in [0.05, 0.1) is 11.3 Å². The molecule has 106 valence electrons. The zero-order chi connectivity index (χ0) is 14.1. The monoisotopic (exact) mass is 275 g/mol. The van der Waals surface area contributed by atoms with E-state index in [1.807, 2.05) is 11.8 Å². The number of carbonyl (C=O) groups is 2. The standard InChI is InChI=1S/C14H17N3O3/c1-9-7-15-5-6-17(9)14(19)10-3-2-4-11-13(10)20-8-12(18)16-11/h2-4,9,15H,5-8H2,1H3,(H,16,18). The summed E-state index contributed by atoms with van der Waals surface area (Å²) in [6.45, 7) is 4.23. The molecule has 20 heavy (non-hydrogen) atoms. The van der Waals surface area contributed by atoms with E-state index in [2.05, 4.69) is 10.6 Å². The first-order valence-corrected chi connectivity index (χ1v) is 6.74. The number of piperazine rings is 1. The van der Waals surface area contributed by atoms with Crippen molar-refractivity contribution in [3.63, 3.8) is 0 Å². The lowest BCUT2D eigenvalue weighted by molar-refractivity contribution is -0.118. The molecule has 1 aromatic carbocycles. The molecule has 0 aliphatic carbocycles. The minimum absolute atomic E-state index is 0.0472. The van der Waals surface area contributed by atoms with Crippen LogP contribution >= 0.6 is 0 Å². The van der Waals surface area contributed by atoms with Crippen LogP contribution in [-0.4, -0.2) is 49.0 Å². The summed E-state index contributed by atoms with van der Waals surface area (Å²) in [5, 5.41) is 5.98. The highest BCUT2D eigenvalue weighted by Gasteiger charge is 2.29. The molecule has 2 aliphatic rings. The van der Waals surface area contributed by atoms with Gasteiger partial charge in [0.2, 0.25) is 0 Å². The van der Waals surface area contributed by atoms with Crippen LogP contribution < -0.4 is 15.4 Å². The summed E-state index contributed by atoms with van der Waals surface area (Å²) in [6, 6.07) is 5.39. The van der Waals surface area contributed by atoms with Gasteiger partial charge in [-0.25, -0.2) is 0 Å². The Balaban J connectivity index is 1.92. The fraction of sp³-hybridized carbons (Fsp3) is 0.429. The zero-order valence-corrected chi connectivity index (χ0v) is 11.3. The fourth-order valence-electron chi connectivity index (χ4n) is 2.58. The number of benzene rings is 1. The van der Waals surface area contributed by atoms with Crippen molar-refractivity contribution < 1.29 is 14.3 Å². The predicted molar refractivity (Wildman–Crippen MR) is 73.9 cm³/mol. The van der Waals surface area contributed by atoms with Crippen molar-refractivity contribution >= 4 is 17.5 Å². The highest BCUT2D eigenvalue weighted by atomic mass is 16.5. The number of rotatable bonds is 1. The Morgan fingerprint density at radius 1 is 1.45 bits per heavy atom. The van der Waals surface area contributed by atoms with Crippen LogP contribution in [0.3, 0.4) is 0 Å². The lowest BCUT2D eigenvalue weighted by atomic mass is 10.1. The molecule has 0 radical (unpaired) electrons. The molecule has 1 unspecified atom stereocenters. The molecule has 2 heterocycles. The van der Waals surface area contributed by atoms with E-state index in [4.69, 9.17) is 4.74 Å². The highest BCUT2D eigenvalue weighted by molar-refractivity contribution is 6.03. The first-order valence-electron chi connectivity index (χ1n) is 6.74. The van der Waals surface area contributed by atoms with Gasteiger partial charge in [-0.2, -0.15) is 0 Å².